The molecule has 0 radical (unpaired) electrons. The molecule has 1 N–H and O–H groups in total. The second-order valence-corrected chi connectivity index (χ2v) is 10.6. The van der Waals surface area contributed by atoms with Crippen LogP contribution >= 0.6 is 0 Å². The van der Waals surface area contributed by atoms with E-state index in [9.17, 15) is 13.2 Å². The van der Waals surface area contributed by atoms with Gasteiger partial charge in [0, 0.05) is 26.2 Å². The van der Waals surface area contributed by atoms with Gasteiger partial charge in [-0.1, -0.05) is 48.0 Å². The van der Waals surface area contributed by atoms with Crippen LogP contribution in [0.1, 0.15) is 30.4 Å². The van der Waals surface area contributed by atoms with Gasteiger partial charge in [0.15, 0.2) is 0 Å². The van der Waals surface area contributed by atoms with E-state index >= 15 is 0 Å². The van der Waals surface area contributed by atoms with E-state index in [-0.39, 0.29) is 30.3 Å². The van der Waals surface area contributed by atoms with Crippen LogP contribution in [-0.2, 0) is 26.2 Å². The summed E-state index contributed by atoms with van der Waals surface area (Å²) in [7, 11) is -3.58. The van der Waals surface area contributed by atoms with Gasteiger partial charge < -0.3 is 4.90 Å². The number of hydrogen-bond acceptors (Lipinski definition) is 6. The molecule has 2 aliphatic heterocycles. The molecule has 2 aliphatic rings. The van der Waals surface area contributed by atoms with Gasteiger partial charge in [-0.2, -0.15) is 9.57 Å². The number of benzene rings is 2. The van der Waals surface area contributed by atoms with E-state index in [2.05, 4.69) is 11.5 Å². The molecule has 4 rings (SSSR count). The van der Waals surface area contributed by atoms with Crippen molar-refractivity contribution >= 4 is 15.9 Å². The van der Waals surface area contributed by atoms with Crippen LogP contribution in [0.5, 0.6) is 0 Å². The minimum absolute atomic E-state index is 0.226. The van der Waals surface area contributed by atoms with Crippen LogP contribution in [0, 0.1) is 18.3 Å². The van der Waals surface area contributed by atoms with Gasteiger partial charge in [-0.25, -0.2) is 8.42 Å². The molecule has 2 heterocycles. The van der Waals surface area contributed by atoms with Gasteiger partial charge in [-0.15, -0.1) is 0 Å². The molecule has 0 atom stereocenters. The number of aryl methyl sites for hydroxylation is 1. The molecule has 0 bridgehead atoms. The first-order valence-electron chi connectivity index (χ1n) is 11.3. The van der Waals surface area contributed by atoms with Crippen LogP contribution < -0.4 is 5.48 Å². The first-order valence-corrected chi connectivity index (χ1v) is 12.7. The predicted molar refractivity (Wildman–Crippen MR) is 126 cm³/mol. The molecular weight excluding hydrogens is 452 g/mol. The van der Waals surface area contributed by atoms with Crippen molar-refractivity contribution in [3.8, 4) is 6.07 Å². The maximum Gasteiger partial charge on any atom is 0.272 e. The summed E-state index contributed by atoms with van der Waals surface area (Å²) < 4.78 is 27.5. The molecule has 1 amide bonds. The second-order valence-electron chi connectivity index (χ2n) is 8.66. The van der Waals surface area contributed by atoms with Gasteiger partial charge >= 0.3 is 0 Å². The van der Waals surface area contributed by atoms with Crippen LogP contribution in [0.3, 0.4) is 0 Å². The Morgan fingerprint density at radius 2 is 1.82 bits per heavy atom. The number of carbonyl (C=O) groups excluding carboxylic acids is 1. The lowest BCUT2D eigenvalue weighted by Crippen LogP contribution is -2.46. The number of sulfonamides is 1. The standard InChI is InChI=1S/C25H28N4O4S/c1-20-8-10-22(11-9-20)34(31,32)29-16-12-25(13-17-29)18-23(27-33-25)24(30)28(15-5-14-26)19-21-6-3-2-4-7-21/h2-4,6-11,18,27H,5,12-13,15-17,19H2,1H3. The number of nitrogens with one attached hydrogen (secondary N) is 1. The van der Waals surface area contributed by atoms with E-state index in [4.69, 9.17) is 10.1 Å². The average molecular weight is 481 g/mol. The van der Waals surface area contributed by atoms with Gasteiger partial charge in [-0.05, 0) is 43.5 Å². The van der Waals surface area contributed by atoms with Gasteiger partial charge in [0.2, 0.25) is 10.0 Å². The largest absolute Gasteiger partial charge is 0.332 e. The molecule has 1 spiro atoms. The van der Waals surface area contributed by atoms with Crippen molar-refractivity contribution in [2.75, 3.05) is 19.6 Å². The predicted octanol–water partition coefficient (Wildman–Crippen LogP) is 2.88. The maximum atomic E-state index is 13.2. The number of nitriles is 1. The minimum Gasteiger partial charge on any atom is -0.332 e. The van der Waals surface area contributed by atoms with Crippen molar-refractivity contribution in [2.24, 2.45) is 0 Å². The molecule has 178 valence electrons. The highest BCUT2D eigenvalue weighted by Gasteiger charge is 2.43. The molecule has 8 nitrogen and oxygen atoms in total. The summed E-state index contributed by atoms with van der Waals surface area (Å²) in [5, 5.41) is 9.02. The Labute approximate surface area is 200 Å². The third-order valence-electron chi connectivity index (χ3n) is 6.23. The number of piperidine rings is 1. The van der Waals surface area contributed by atoms with Crippen LogP contribution in [0.4, 0.5) is 0 Å². The van der Waals surface area contributed by atoms with Gasteiger partial charge in [0.1, 0.15) is 11.3 Å². The summed E-state index contributed by atoms with van der Waals surface area (Å²) in [5.41, 5.74) is 4.33. The Bertz CT molecular complexity index is 1200. The highest BCUT2D eigenvalue weighted by molar-refractivity contribution is 7.89. The summed E-state index contributed by atoms with van der Waals surface area (Å²) in [5.74, 6) is -0.245. The van der Waals surface area contributed by atoms with Crippen molar-refractivity contribution in [1.82, 2.24) is 14.7 Å². The molecule has 9 heteroatoms. The molecule has 1 fully saturated rings. The van der Waals surface area contributed by atoms with E-state index in [0.29, 0.717) is 31.6 Å². The smallest absolute Gasteiger partial charge is 0.272 e. The minimum atomic E-state index is -3.58. The third kappa shape index (κ3) is 5.14. The number of carbonyl (C=O) groups is 1. The highest BCUT2D eigenvalue weighted by Crippen LogP contribution is 2.34. The number of hydrogen-bond donors (Lipinski definition) is 1. The van der Waals surface area contributed by atoms with Gasteiger partial charge in [0.05, 0.1) is 17.4 Å². The number of nitrogens with zero attached hydrogens (tertiary/aromatic N) is 3. The monoisotopic (exact) mass is 480 g/mol. The van der Waals surface area contributed by atoms with Crippen molar-refractivity contribution in [3.05, 3.63) is 77.5 Å². The lowest BCUT2D eigenvalue weighted by atomic mass is 9.92. The fourth-order valence-electron chi connectivity index (χ4n) is 4.21. The molecule has 0 aromatic heterocycles. The summed E-state index contributed by atoms with van der Waals surface area (Å²) in [6.07, 6.45) is 2.86. The zero-order valence-electron chi connectivity index (χ0n) is 19.1. The maximum absolute atomic E-state index is 13.2. The second kappa shape index (κ2) is 9.97. The van der Waals surface area contributed by atoms with Gasteiger partial charge in [-0.3, -0.25) is 15.1 Å². The Hall–Kier alpha value is -3.19. The molecule has 0 unspecified atom stereocenters. The van der Waals surface area contributed by atoms with E-state index < -0.39 is 15.6 Å². The molecular formula is C25H28N4O4S. The van der Waals surface area contributed by atoms with Gasteiger partial charge in [0.25, 0.3) is 5.91 Å². The number of hydroxylamine groups is 1. The SMILES string of the molecule is Cc1ccc(S(=O)(=O)N2CCC3(C=C(C(=O)N(CCC#N)Cc4ccccc4)NO3)CC2)cc1. The molecule has 34 heavy (non-hydrogen) atoms. The summed E-state index contributed by atoms with van der Waals surface area (Å²) in [6.45, 7) is 3.18. The first kappa shape index (κ1) is 24.0. The topological polar surface area (TPSA) is 103 Å². The fraction of sp³-hybridized carbons (Fsp3) is 0.360. The van der Waals surface area contributed by atoms with Crippen molar-refractivity contribution in [1.29, 1.82) is 5.26 Å². The summed E-state index contributed by atoms with van der Waals surface area (Å²) >= 11 is 0. The lowest BCUT2D eigenvalue weighted by molar-refractivity contribution is -0.130. The van der Waals surface area contributed by atoms with Crippen LogP contribution in [0.2, 0.25) is 0 Å². The molecule has 2 aromatic rings. The van der Waals surface area contributed by atoms with Crippen molar-refractivity contribution in [3.63, 3.8) is 0 Å². The Kier molecular flexibility index (Phi) is 7.03. The normalized spacial score (nSPS) is 17.6. The molecule has 0 aliphatic carbocycles. The van der Waals surface area contributed by atoms with E-state index in [1.165, 1.54) is 4.31 Å². The van der Waals surface area contributed by atoms with E-state index in [0.717, 1.165) is 11.1 Å². The van der Waals surface area contributed by atoms with E-state index in [1.807, 2.05) is 37.3 Å². The summed E-state index contributed by atoms with van der Waals surface area (Å²) in [6, 6.07) is 18.5. The zero-order chi connectivity index (χ0) is 24.2. The molecule has 1 saturated heterocycles. The third-order valence-corrected chi connectivity index (χ3v) is 8.14. The van der Waals surface area contributed by atoms with Crippen LogP contribution in [0.15, 0.2) is 71.3 Å². The summed E-state index contributed by atoms with van der Waals surface area (Å²) in [4.78, 5) is 20.9. The molecule has 0 saturated carbocycles. The fourth-order valence-corrected chi connectivity index (χ4v) is 5.65. The Morgan fingerprint density at radius 3 is 2.47 bits per heavy atom. The highest BCUT2D eigenvalue weighted by atomic mass is 32.2. The Morgan fingerprint density at radius 1 is 1.15 bits per heavy atom. The van der Waals surface area contributed by atoms with Crippen molar-refractivity contribution < 1.29 is 18.0 Å². The average Bonchev–Trinajstić information content (AvgIpc) is 3.26. The quantitative estimate of drug-likeness (QED) is 0.654. The lowest BCUT2D eigenvalue weighted by Gasteiger charge is -2.35. The zero-order valence-corrected chi connectivity index (χ0v) is 19.9. The van der Waals surface area contributed by atoms with Crippen LogP contribution in [0.25, 0.3) is 0 Å². The van der Waals surface area contributed by atoms with E-state index in [1.54, 1.807) is 35.2 Å². The Balaban J connectivity index is 1.44. The molecule has 2 aromatic carbocycles. The number of amides is 1. The van der Waals surface area contributed by atoms with Crippen molar-refractivity contribution in [2.45, 2.75) is 43.2 Å². The number of rotatable bonds is 7. The van der Waals surface area contributed by atoms with Crippen LogP contribution in [-0.4, -0.2) is 48.8 Å². The first-order chi connectivity index (χ1) is 16.3.